The quantitative estimate of drug-likeness (QED) is 0.659. The summed E-state index contributed by atoms with van der Waals surface area (Å²) in [6, 6.07) is -0.848. The van der Waals surface area contributed by atoms with Crippen molar-refractivity contribution < 1.29 is 14.4 Å². The van der Waals surface area contributed by atoms with Crippen molar-refractivity contribution in [3.63, 3.8) is 0 Å². The first-order chi connectivity index (χ1) is 11.5. The topological polar surface area (TPSA) is 92.3 Å². The molecule has 4 aliphatic rings. The Bertz CT molecular complexity index is 726. The number of rotatable bonds is 3. The maximum absolute atomic E-state index is 12.8. The SMILES string of the molecule is Cc1nnc(NC(=O)[C@H](C)N2C(=O)[C@@H]3[C@H](C2=O)[C@H]2C=C[C@H]3CC2)s1. The highest BCUT2D eigenvalue weighted by Crippen LogP contribution is 2.49. The Kier molecular flexibility index (Phi) is 3.52. The van der Waals surface area contributed by atoms with Crippen molar-refractivity contribution in [2.75, 3.05) is 5.32 Å². The fourth-order valence-electron chi connectivity index (χ4n) is 4.15. The molecule has 0 spiro atoms. The van der Waals surface area contributed by atoms with Gasteiger partial charge >= 0.3 is 0 Å². The third-order valence-corrected chi connectivity index (χ3v) is 6.07. The molecule has 5 atom stereocenters. The van der Waals surface area contributed by atoms with E-state index in [1.165, 1.54) is 11.3 Å². The molecule has 2 heterocycles. The summed E-state index contributed by atoms with van der Waals surface area (Å²) in [5.41, 5.74) is 0. The van der Waals surface area contributed by atoms with Crippen molar-refractivity contribution in [3.8, 4) is 0 Å². The summed E-state index contributed by atoms with van der Waals surface area (Å²) in [5, 5.41) is 11.4. The minimum absolute atomic E-state index is 0.127. The molecule has 126 valence electrons. The van der Waals surface area contributed by atoms with Crippen LogP contribution in [0.25, 0.3) is 0 Å². The van der Waals surface area contributed by atoms with Gasteiger partial charge in [-0.2, -0.15) is 0 Å². The fraction of sp³-hybridized carbons (Fsp3) is 0.562. The average molecular weight is 346 g/mol. The van der Waals surface area contributed by atoms with Crippen molar-refractivity contribution in [2.45, 2.75) is 32.7 Å². The highest BCUT2D eigenvalue weighted by molar-refractivity contribution is 7.15. The van der Waals surface area contributed by atoms with Gasteiger partial charge < -0.3 is 0 Å². The average Bonchev–Trinajstić information content (AvgIpc) is 3.10. The third-order valence-electron chi connectivity index (χ3n) is 5.32. The van der Waals surface area contributed by atoms with Crippen LogP contribution in [0.1, 0.15) is 24.8 Å². The molecule has 1 aromatic heterocycles. The number of aromatic nitrogens is 2. The van der Waals surface area contributed by atoms with Gasteiger partial charge in [0.2, 0.25) is 22.9 Å². The second-order valence-corrected chi connectivity index (χ2v) is 7.86. The minimum Gasteiger partial charge on any atom is -0.299 e. The van der Waals surface area contributed by atoms with Crippen molar-refractivity contribution in [1.82, 2.24) is 15.1 Å². The van der Waals surface area contributed by atoms with Gasteiger partial charge in [0.25, 0.3) is 0 Å². The number of hydrogen-bond acceptors (Lipinski definition) is 6. The minimum atomic E-state index is -0.848. The molecular formula is C16H18N4O3S. The van der Waals surface area contributed by atoms with Crippen molar-refractivity contribution in [1.29, 1.82) is 0 Å². The molecule has 1 saturated carbocycles. The van der Waals surface area contributed by atoms with Crippen molar-refractivity contribution >= 4 is 34.2 Å². The van der Waals surface area contributed by atoms with E-state index in [1.807, 2.05) is 0 Å². The first kappa shape index (κ1) is 15.4. The van der Waals surface area contributed by atoms with Crippen LogP contribution in [-0.2, 0) is 14.4 Å². The van der Waals surface area contributed by atoms with Crippen LogP contribution in [-0.4, -0.2) is 38.9 Å². The van der Waals surface area contributed by atoms with Gasteiger partial charge in [0.1, 0.15) is 11.0 Å². The highest BCUT2D eigenvalue weighted by atomic mass is 32.1. The zero-order valence-electron chi connectivity index (χ0n) is 13.4. The van der Waals surface area contributed by atoms with Crippen LogP contribution in [0.15, 0.2) is 12.2 Å². The number of amides is 3. The van der Waals surface area contributed by atoms with Crippen molar-refractivity contribution in [3.05, 3.63) is 17.2 Å². The normalized spacial score (nSPS) is 32.2. The molecule has 0 aromatic carbocycles. The van der Waals surface area contributed by atoms with E-state index in [1.54, 1.807) is 13.8 Å². The summed E-state index contributed by atoms with van der Waals surface area (Å²) in [7, 11) is 0. The number of imide groups is 1. The van der Waals surface area contributed by atoms with Crippen LogP contribution in [0.2, 0.25) is 0 Å². The molecule has 5 rings (SSSR count). The van der Waals surface area contributed by atoms with E-state index in [9.17, 15) is 14.4 Å². The van der Waals surface area contributed by atoms with E-state index < -0.39 is 11.9 Å². The molecule has 24 heavy (non-hydrogen) atoms. The summed E-state index contributed by atoms with van der Waals surface area (Å²) < 4.78 is 0. The Morgan fingerprint density at radius 3 is 2.25 bits per heavy atom. The lowest BCUT2D eigenvalue weighted by Gasteiger charge is -2.38. The summed E-state index contributed by atoms with van der Waals surface area (Å²) in [6.45, 7) is 3.38. The number of allylic oxidation sites excluding steroid dienone is 2. The van der Waals surface area contributed by atoms with Crippen molar-refractivity contribution in [2.24, 2.45) is 23.7 Å². The number of hydrogen-bond donors (Lipinski definition) is 1. The van der Waals surface area contributed by atoms with Gasteiger partial charge in [-0.25, -0.2) is 0 Å². The maximum Gasteiger partial charge on any atom is 0.249 e. The number of anilines is 1. The van der Waals surface area contributed by atoms with Crippen LogP contribution < -0.4 is 5.32 Å². The number of carbonyl (C=O) groups excluding carboxylic acids is 3. The molecule has 1 N–H and O–H groups in total. The number of nitrogens with zero attached hydrogens (tertiary/aromatic N) is 3. The van der Waals surface area contributed by atoms with Gasteiger partial charge in [0, 0.05) is 0 Å². The smallest absolute Gasteiger partial charge is 0.249 e. The first-order valence-corrected chi connectivity index (χ1v) is 8.95. The monoisotopic (exact) mass is 346 g/mol. The lowest BCUT2D eigenvalue weighted by molar-refractivity contribution is -0.146. The Balaban J connectivity index is 1.54. The van der Waals surface area contributed by atoms with Crippen LogP contribution in [0.4, 0.5) is 5.13 Å². The Labute approximate surface area is 143 Å². The predicted molar refractivity (Wildman–Crippen MR) is 86.9 cm³/mol. The van der Waals surface area contributed by atoms with Crippen LogP contribution in [0.5, 0.6) is 0 Å². The molecule has 0 unspecified atom stereocenters. The fourth-order valence-corrected chi connectivity index (χ4v) is 4.75. The summed E-state index contributed by atoms with van der Waals surface area (Å²) >= 11 is 1.26. The summed E-state index contributed by atoms with van der Waals surface area (Å²) in [6.07, 6.45) is 6.02. The second kappa shape index (κ2) is 5.47. The van der Waals surface area contributed by atoms with Crippen LogP contribution >= 0.6 is 11.3 Å². The van der Waals surface area contributed by atoms with Gasteiger partial charge in [-0.3, -0.25) is 24.6 Å². The molecule has 7 nitrogen and oxygen atoms in total. The largest absolute Gasteiger partial charge is 0.299 e. The molecular weight excluding hydrogens is 328 g/mol. The van der Waals surface area contributed by atoms with E-state index in [4.69, 9.17) is 0 Å². The molecule has 1 saturated heterocycles. The maximum atomic E-state index is 12.8. The predicted octanol–water partition coefficient (Wildman–Crippen LogP) is 1.37. The van der Waals surface area contributed by atoms with Gasteiger partial charge in [0.15, 0.2) is 0 Å². The zero-order valence-corrected chi connectivity index (χ0v) is 14.2. The highest BCUT2D eigenvalue weighted by Gasteiger charge is 2.58. The van der Waals surface area contributed by atoms with E-state index in [-0.39, 0.29) is 35.5 Å². The van der Waals surface area contributed by atoms with Gasteiger partial charge in [-0.05, 0) is 38.5 Å². The summed E-state index contributed by atoms with van der Waals surface area (Å²) in [4.78, 5) is 39.2. The van der Waals surface area contributed by atoms with E-state index >= 15 is 0 Å². The number of aryl methyl sites for hydroxylation is 1. The molecule has 2 fully saturated rings. The van der Waals surface area contributed by atoms with Crippen LogP contribution in [0.3, 0.4) is 0 Å². The number of fused-ring (bicyclic) bond motifs is 1. The van der Waals surface area contributed by atoms with E-state index in [2.05, 4.69) is 27.7 Å². The summed E-state index contributed by atoms with van der Waals surface area (Å²) in [5.74, 6) is -1.15. The molecule has 8 heteroatoms. The molecule has 1 aliphatic heterocycles. The molecule has 0 radical (unpaired) electrons. The molecule has 3 aliphatic carbocycles. The van der Waals surface area contributed by atoms with Gasteiger partial charge in [-0.1, -0.05) is 23.5 Å². The lowest BCUT2D eigenvalue weighted by atomic mass is 9.63. The molecule has 3 amide bonds. The van der Waals surface area contributed by atoms with Crippen LogP contribution in [0, 0.1) is 30.6 Å². The molecule has 2 bridgehead atoms. The van der Waals surface area contributed by atoms with E-state index in [0.717, 1.165) is 22.7 Å². The van der Waals surface area contributed by atoms with Gasteiger partial charge in [-0.15, -0.1) is 10.2 Å². The Morgan fingerprint density at radius 2 is 1.79 bits per heavy atom. The zero-order chi connectivity index (χ0) is 17.0. The first-order valence-electron chi connectivity index (χ1n) is 8.13. The number of carbonyl (C=O) groups is 3. The lowest BCUT2D eigenvalue weighted by Crippen LogP contribution is -2.46. The Morgan fingerprint density at radius 1 is 1.21 bits per heavy atom. The third kappa shape index (κ3) is 2.20. The van der Waals surface area contributed by atoms with E-state index in [0.29, 0.717) is 5.13 Å². The Hall–Kier alpha value is -2.09. The van der Waals surface area contributed by atoms with Gasteiger partial charge in [0.05, 0.1) is 11.8 Å². The number of nitrogens with one attached hydrogen (secondary N) is 1. The number of likely N-dealkylation sites (tertiary alicyclic amines) is 1. The second-order valence-electron chi connectivity index (χ2n) is 6.68. The molecule has 1 aromatic rings. The standard InChI is InChI=1S/C16H18N4O3S/c1-7(13(21)17-16-19-18-8(2)24-16)20-14(22)11-9-3-4-10(6-5-9)12(11)15(20)23/h3-4,7,9-12H,5-6H2,1-2H3,(H,17,19,21)/t7-,9-,10-,11-,12+/m0/s1.